The fraction of sp³-hybridized carbons (Fsp3) is 0.632. The highest BCUT2D eigenvalue weighted by atomic mass is 32.2. The van der Waals surface area contributed by atoms with Gasteiger partial charge in [0.25, 0.3) is 5.56 Å². The van der Waals surface area contributed by atoms with Crippen molar-refractivity contribution in [3.8, 4) is 0 Å². The van der Waals surface area contributed by atoms with Crippen LogP contribution in [0.15, 0.2) is 14.7 Å². The van der Waals surface area contributed by atoms with Crippen LogP contribution in [0.3, 0.4) is 0 Å². The maximum Gasteiger partial charge on any atom is 0.330 e. The Morgan fingerprint density at radius 1 is 1.23 bits per heavy atom. The topological polar surface area (TPSA) is 132 Å². The highest BCUT2D eigenvalue weighted by molar-refractivity contribution is 7.99. The Hall–Kier alpha value is -2.56. The maximum absolute atomic E-state index is 13.1. The first-order valence-corrected chi connectivity index (χ1v) is 11.2. The van der Waals surface area contributed by atoms with E-state index in [0.717, 1.165) is 12.2 Å². The van der Waals surface area contributed by atoms with Crippen LogP contribution in [0, 0.1) is 0 Å². The van der Waals surface area contributed by atoms with Crippen molar-refractivity contribution in [1.29, 1.82) is 0 Å². The van der Waals surface area contributed by atoms with E-state index in [-0.39, 0.29) is 29.1 Å². The lowest BCUT2D eigenvalue weighted by atomic mass is 10.2. The average molecular weight is 438 g/mol. The highest BCUT2D eigenvalue weighted by Crippen LogP contribution is 2.23. The van der Waals surface area contributed by atoms with E-state index >= 15 is 0 Å². The number of unbranched alkanes of at least 4 members (excludes halogenated alkanes) is 1. The molecule has 30 heavy (non-hydrogen) atoms. The normalized spacial score (nSPS) is 11.3. The van der Waals surface area contributed by atoms with Gasteiger partial charge in [0.15, 0.2) is 10.8 Å². The predicted octanol–water partition coefficient (Wildman–Crippen LogP) is 1.71. The van der Waals surface area contributed by atoms with E-state index < -0.39 is 11.2 Å². The molecule has 0 aromatic carbocycles. The van der Waals surface area contributed by atoms with Crippen LogP contribution >= 0.6 is 11.8 Å². The van der Waals surface area contributed by atoms with Crippen molar-refractivity contribution in [2.45, 2.75) is 64.6 Å². The summed E-state index contributed by atoms with van der Waals surface area (Å²) >= 11 is 1.26. The molecule has 0 aliphatic rings. The van der Waals surface area contributed by atoms with Gasteiger partial charge < -0.3 is 15.2 Å². The molecule has 3 N–H and O–H groups in total. The second kappa shape index (κ2) is 10.5. The SMILES string of the molecule is CCCCN(C(=O)CSc1nnc(C(C)C)n1C)c1c(N)n(CCC)c(=O)[nH]c1=O. The van der Waals surface area contributed by atoms with Crippen molar-refractivity contribution < 1.29 is 4.79 Å². The number of carbonyl (C=O) groups excluding carboxylic acids is 1. The average Bonchev–Trinajstić information content (AvgIpc) is 3.06. The van der Waals surface area contributed by atoms with Gasteiger partial charge in [0.05, 0.1) is 5.75 Å². The van der Waals surface area contributed by atoms with Gasteiger partial charge in [0.1, 0.15) is 11.6 Å². The van der Waals surface area contributed by atoms with Crippen LogP contribution in [0.1, 0.15) is 58.7 Å². The first-order valence-electron chi connectivity index (χ1n) is 10.2. The molecule has 1 amide bonds. The number of rotatable bonds is 10. The van der Waals surface area contributed by atoms with Crippen LogP contribution in [-0.4, -0.2) is 42.5 Å². The minimum atomic E-state index is -0.653. The van der Waals surface area contributed by atoms with Crippen molar-refractivity contribution in [1.82, 2.24) is 24.3 Å². The molecular formula is C19H31N7O3S. The van der Waals surface area contributed by atoms with Crippen molar-refractivity contribution in [2.24, 2.45) is 7.05 Å². The molecule has 10 nitrogen and oxygen atoms in total. The van der Waals surface area contributed by atoms with Crippen molar-refractivity contribution in [3.63, 3.8) is 0 Å². The molecule has 0 aliphatic heterocycles. The molecule has 0 atom stereocenters. The molecule has 0 spiro atoms. The molecule has 2 aromatic heterocycles. The van der Waals surface area contributed by atoms with Crippen LogP contribution in [0.25, 0.3) is 0 Å². The Kier molecular flexibility index (Phi) is 8.27. The first-order chi connectivity index (χ1) is 14.2. The molecule has 0 aliphatic carbocycles. The van der Waals surface area contributed by atoms with Gasteiger partial charge >= 0.3 is 5.69 Å². The van der Waals surface area contributed by atoms with Crippen molar-refractivity contribution >= 4 is 29.2 Å². The Labute approximate surface area is 179 Å². The number of aromatic amines is 1. The van der Waals surface area contributed by atoms with E-state index in [1.54, 1.807) is 0 Å². The lowest BCUT2D eigenvalue weighted by Crippen LogP contribution is -2.42. The van der Waals surface area contributed by atoms with Gasteiger partial charge in [0, 0.05) is 26.1 Å². The summed E-state index contributed by atoms with van der Waals surface area (Å²) in [6.45, 7) is 8.64. The van der Waals surface area contributed by atoms with Gasteiger partial charge in [-0.15, -0.1) is 10.2 Å². The molecular weight excluding hydrogens is 406 g/mol. The van der Waals surface area contributed by atoms with Crippen molar-refractivity contribution in [3.05, 3.63) is 26.7 Å². The molecule has 2 rings (SSSR count). The second-order valence-electron chi connectivity index (χ2n) is 7.39. The summed E-state index contributed by atoms with van der Waals surface area (Å²) in [4.78, 5) is 41.4. The zero-order valence-electron chi connectivity index (χ0n) is 18.3. The van der Waals surface area contributed by atoms with E-state index in [9.17, 15) is 14.4 Å². The third-order valence-corrected chi connectivity index (χ3v) is 5.68. The number of aromatic nitrogens is 5. The van der Waals surface area contributed by atoms with Crippen LogP contribution < -0.4 is 21.9 Å². The lowest BCUT2D eigenvalue weighted by molar-refractivity contribution is -0.116. The van der Waals surface area contributed by atoms with E-state index in [0.29, 0.717) is 31.1 Å². The molecule has 2 heterocycles. The smallest absolute Gasteiger partial charge is 0.330 e. The van der Waals surface area contributed by atoms with Gasteiger partial charge in [0.2, 0.25) is 5.91 Å². The number of nitrogen functional groups attached to an aromatic ring is 1. The predicted molar refractivity (Wildman–Crippen MR) is 119 cm³/mol. The van der Waals surface area contributed by atoms with E-state index in [4.69, 9.17) is 5.73 Å². The number of nitrogens with zero attached hydrogens (tertiary/aromatic N) is 5. The molecule has 0 fully saturated rings. The van der Waals surface area contributed by atoms with Gasteiger partial charge in [-0.1, -0.05) is 45.9 Å². The summed E-state index contributed by atoms with van der Waals surface area (Å²) in [5, 5.41) is 8.95. The van der Waals surface area contributed by atoms with Gasteiger partial charge in [-0.25, -0.2) is 4.79 Å². The zero-order valence-corrected chi connectivity index (χ0v) is 19.1. The van der Waals surface area contributed by atoms with Gasteiger partial charge in [-0.2, -0.15) is 0 Å². The van der Waals surface area contributed by atoms with Crippen molar-refractivity contribution in [2.75, 3.05) is 22.9 Å². The first kappa shape index (κ1) is 23.7. The fourth-order valence-corrected chi connectivity index (χ4v) is 3.91. The molecule has 166 valence electrons. The number of nitrogens with one attached hydrogen (secondary N) is 1. The Balaban J connectivity index is 2.34. The highest BCUT2D eigenvalue weighted by Gasteiger charge is 2.24. The fourth-order valence-electron chi connectivity index (χ4n) is 3.12. The number of H-pyrrole nitrogens is 1. The molecule has 0 bridgehead atoms. The maximum atomic E-state index is 13.1. The summed E-state index contributed by atoms with van der Waals surface area (Å²) in [5.74, 6) is 0.855. The van der Waals surface area contributed by atoms with Gasteiger partial charge in [-0.05, 0) is 12.8 Å². The third kappa shape index (κ3) is 5.13. The number of thioether (sulfide) groups is 1. The Bertz CT molecular complexity index is 993. The molecule has 2 aromatic rings. The summed E-state index contributed by atoms with van der Waals surface area (Å²) < 4.78 is 3.16. The van der Waals surface area contributed by atoms with Crippen LogP contribution in [0.2, 0.25) is 0 Å². The molecule has 0 saturated heterocycles. The summed E-state index contributed by atoms with van der Waals surface area (Å²) in [6, 6.07) is 0. The number of hydrogen-bond acceptors (Lipinski definition) is 7. The van der Waals surface area contributed by atoms with E-state index in [2.05, 4.69) is 15.2 Å². The van der Waals surface area contributed by atoms with Crippen LogP contribution in [0.4, 0.5) is 11.5 Å². The quantitative estimate of drug-likeness (QED) is 0.541. The van der Waals surface area contributed by atoms with Crippen LogP contribution in [-0.2, 0) is 18.4 Å². The Morgan fingerprint density at radius 2 is 1.93 bits per heavy atom. The van der Waals surface area contributed by atoms with E-state index in [1.807, 2.05) is 39.3 Å². The number of nitrogens with two attached hydrogens (primary N) is 1. The summed E-state index contributed by atoms with van der Waals surface area (Å²) in [5.41, 5.74) is 4.97. The number of amides is 1. The second-order valence-corrected chi connectivity index (χ2v) is 8.33. The summed E-state index contributed by atoms with van der Waals surface area (Å²) in [6.07, 6.45) is 2.20. The minimum Gasteiger partial charge on any atom is -0.383 e. The number of hydrogen-bond donors (Lipinski definition) is 2. The van der Waals surface area contributed by atoms with E-state index in [1.165, 1.54) is 21.2 Å². The largest absolute Gasteiger partial charge is 0.383 e. The number of carbonyl (C=O) groups is 1. The standard InChI is InChI=1S/C19H31N7O3S/c1-6-8-10-25(14-15(20)26(9-7-2)18(29)21-17(14)28)13(27)11-30-19-23-22-16(12(3)4)24(19)5/h12H,6-11,20H2,1-5H3,(H,21,28,29). The lowest BCUT2D eigenvalue weighted by Gasteiger charge is -2.24. The Morgan fingerprint density at radius 3 is 2.50 bits per heavy atom. The summed E-state index contributed by atoms with van der Waals surface area (Å²) in [7, 11) is 1.86. The van der Waals surface area contributed by atoms with Crippen LogP contribution in [0.5, 0.6) is 0 Å². The molecule has 0 radical (unpaired) electrons. The number of anilines is 2. The van der Waals surface area contributed by atoms with Gasteiger partial charge in [-0.3, -0.25) is 19.1 Å². The minimum absolute atomic E-state index is 0.0146. The third-order valence-electron chi connectivity index (χ3n) is 4.68. The molecule has 0 unspecified atom stereocenters. The zero-order chi connectivity index (χ0) is 22.4. The monoisotopic (exact) mass is 437 g/mol. The molecule has 11 heteroatoms. The molecule has 0 saturated carbocycles.